The van der Waals surface area contributed by atoms with Gasteiger partial charge in [0.2, 0.25) is 0 Å². The summed E-state index contributed by atoms with van der Waals surface area (Å²) in [5.41, 5.74) is 1.26. The molecule has 112 valence electrons. The molecule has 21 heavy (non-hydrogen) atoms. The molecule has 0 spiro atoms. The van der Waals surface area contributed by atoms with Gasteiger partial charge in [-0.1, -0.05) is 43.3 Å². The van der Waals surface area contributed by atoms with Crippen molar-refractivity contribution >= 4 is 28.5 Å². The zero-order chi connectivity index (χ0) is 15.1. The van der Waals surface area contributed by atoms with Crippen molar-refractivity contribution < 1.29 is 9.53 Å². The number of thioether (sulfide) groups is 1. The Balaban J connectivity index is 2.09. The van der Waals surface area contributed by atoms with E-state index in [9.17, 15) is 4.79 Å². The summed E-state index contributed by atoms with van der Waals surface area (Å²) < 4.78 is 4.68. The van der Waals surface area contributed by atoms with Gasteiger partial charge in [0, 0.05) is 11.8 Å². The van der Waals surface area contributed by atoms with Gasteiger partial charge in [-0.05, 0) is 28.9 Å². The second-order valence-electron chi connectivity index (χ2n) is 4.81. The fourth-order valence-corrected chi connectivity index (χ4v) is 3.21. The van der Waals surface area contributed by atoms with Crippen molar-refractivity contribution in [1.29, 1.82) is 0 Å². The molecule has 3 nitrogen and oxygen atoms in total. The molecule has 0 fully saturated rings. The lowest BCUT2D eigenvalue weighted by molar-refractivity contribution is -0.137. The van der Waals surface area contributed by atoms with Crippen LogP contribution in [0.4, 0.5) is 0 Å². The first-order valence-corrected chi connectivity index (χ1v) is 8.26. The van der Waals surface area contributed by atoms with Gasteiger partial charge in [-0.3, -0.25) is 4.79 Å². The molecule has 1 N–H and O–H groups in total. The van der Waals surface area contributed by atoms with Gasteiger partial charge < -0.3 is 10.1 Å². The van der Waals surface area contributed by atoms with Crippen LogP contribution in [-0.4, -0.2) is 31.1 Å². The topological polar surface area (TPSA) is 38.3 Å². The molecule has 0 saturated carbocycles. The van der Waals surface area contributed by atoms with Gasteiger partial charge in [-0.25, -0.2) is 0 Å². The summed E-state index contributed by atoms with van der Waals surface area (Å²) in [6, 6.07) is 15.1. The molecule has 0 aromatic heterocycles. The zero-order valence-electron chi connectivity index (χ0n) is 12.5. The van der Waals surface area contributed by atoms with Crippen LogP contribution in [0.25, 0.3) is 10.8 Å². The van der Waals surface area contributed by atoms with Gasteiger partial charge in [0.05, 0.1) is 12.9 Å². The Labute approximate surface area is 130 Å². The first-order valence-electron chi connectivity index (χ1n) is 7.11. The summed E-state index contributed by atoms with van der Waals surface area (Å²) in [5, 5.41) is 5.98. The highest BCUT2D eigenvalue weighted by Crippen LogP contribution is 2.23. The predicted molar refractivity (Wildman–Crippen MR) is 89.7 cm³/mol. The van der Waals surface area contributed by atoms with Crippen molar-refractivity contribution in [2.75, 3.05) is 25.2 Å². The summed E-state index contributed by atoms with van der Waals surface area (Å²) in [7, 11) is 1.42. The summed E-state index contributed by atoms with van der Waals surface area (Å²) >= 11 is 1.60. The molecule has 0 bridgehead atoms. The second kappa shape index (κ2) is 8.05. The van der Waals surface area contributed by atoms with E-state index in [-0.39, 0.29) is 12.0 Å². The normalized spacial score (nSPS) is 12.3. The largest absolute Gasteiger partial charge is 0.468 e. The highest BCUT2D eigenvalue weighted by molar-refractivity contribution is 7.99. The number of carbonyl (C=O) groups is 1. The van der Waals surface area contributed by atoms with Gasteiger partial charge in [-0.15, -0.1) is 11.8 Å². The molecular weight excluding hydrogens is 282 g/mol. The third kappa shape index (κ3) is 4.48. The standard InChI is InChI=1S/C17H21NO2S/c1-3-18-16(11-21-12-17(19)20-2)15-9-8-13-6-4-5-7-14(13)10-15/h4-10,16,18H,3,11-12H2,1-2H3. The SMILES string of the molecule is CCNC(CSCC(=O)OC)c1ccc2ccccc2c1. The first-order chi connectivity index (χ1) is 10.2. The maximum atomic E-state index is 11.2. The monoisotopic (exact) mass is 303 g/mol. The van der Waals surface area contributed by atoms with E-state index >= 15 is 0 Å². The van der Waals surface area contributed by atoms with Gasteiger partial charge in [-0.2, -0.15) is 0 Å². The molecule has 2 rings (SSSR count). The molecule has 4 heteroatoms. The van der Waals surface area contributed by atoms with Crippen molar-refractivity contribution in [3.8, 4) is 0 Å². The minimum Gasteiger partial charge on any atom is -0.468 e. The molecule has 0 saturated heterocycles. The van der Waals surface area contributed by atoms with Crippen LogP contribution in [0.15, 0.2) is 42.5 Å². The van der Waals surface area contributed by atoms with E-state index in [1.807, 2.05) is 0 Å². The van der Waals surface area contributed by atoms with Crippen molar-refractivity contribution in [2.45, 2.75) is 13.0 Å². The van der Waals surface area contributed by atoms with Gasteiger partial charge in [0.25, 0.3) is 0 Å². The lowest BCUT2D eigenvalue weighted by atomic mass is 10.0. The molecule has 2 aromatic carbocycles. The number of hydrogen-bond donors (Lipinski definition) is 1. The Morgan fingerprint density at radius 3 is 2.71 bits per heavy atom. The van der Waals surface area contributed by atoms with E-state index in [1.165, 1.54) is 23.4 Å². The molecule has 0 amide bonds. The van der Waals surface area contributed by atoms with Crippen LogP contribution in [0.2, 0.25) is 0 Å². The Morgan fingerprint density at radius 1 is 1.24 bits per heavy atom. The summed E-state index contributed by atoms with van der Waals surface area (Å²) in [4.78, 5) is 11.2. The quantitative estimate of drug-likeness (QED) is 0.796. The van der Waals surface area contributed by atoms with E-state index in [2.05, 4.69) is 59.4 Å². The minimum absolute atomic E-state index is 0.172. The Hall–Kier alpha value is -1.52. The Morgan fingerprint density at radius 2 is 2.00 bits per heavy atom. The highest BCUT2D eigenvalue weighted by atomic mass is 32.2. The fourth-order valence-electron chi connectivity index (χ4n) is 2.26. The second-order valence-corrected chi connectivity index (χ2v) is 5.84. The lowest BCUT2D eigenvalue weighted by Gasteiger charge is -2.18. The molecule has 1 atom stereocenters. The lowest BCUT2D eigenvalue weighted by Crippen LogP contribution is -2.23. The van der Waals surface area contributed by atoms with Gasteiger partial charge >= 0.3 is 5.97 Å². The number of rotatable bonds is 7. The number of ether oxygens (including phenoxy) is 1. The van der Waals surface area contributed by atoms with Gasteiger partial charge in [0.15, 0.2) is 0 Å². The van der Waals surface area contributed by atoms with Crippen LogP contribution < -0.4 is 5.32 Å². The average Bonchev–Trinajstić information content (AvgIpc) is 2.53. The summed E-state index contributed by atoms with van der Waals surface area (Å²) in [5.74, 6) is 1.07. The predicted octanol–water partition coefficient (Wildman–Crippen LogP) is 3.40. The third-order valence-electron chi connectivity index (χ3n) is 3.36. The average molecular weight is 303 g/mol. The van der Waals surface area contributed by atoms with E-state index in [4.69, 9.17) is 0 Å². The van der Waals surface area contributed by atoms with Crippen LogP contribution in [-0.2, 0) is 9.53 Å². The van der Waals surface area contributed by atoms with Crippen molar-refractivity contribution in [3.63, 3.8) is 0 Å². The molecule has 2 aromatic rings. The van der Waals surface area contributed by atoms with Crippen LogP contribution in [0, 0.1) is 0 Å². The van der Waals surface area contributed by atoms with Crippen LogP contribution in [0.3, 0.4) is 0 Å². The highest BCUT2D eigenvalue weighted by Gasteiger charge is 2.12. The van der Waals surface area contributed by atoms with Crippen molar-refractivity contribution in [1.82, 2.24) is 5.32 Å². The van der Waals surface area contributed by atoms with E-state index in [0.29, 0.717) is 5.75 Å². The number of hydrogen-bond acceptors (Lipinski definition) is 4. The molecule has 0 aliphatic heterocycles. The van der Waals surface area contributed by atoms with E-state index in [0.717, 1.165) is 12.3 Å². The van der Waals surface area contributed by atoms with Crippen LogP contribution in [0.1, 0.15) is 18.5 Å². The first kappa shape index (κ1) is 15.9. The summed E-state index contributed by atoms with van der Waals surface area (Å²) in [6.45, 7) is 3.00. The maximum Gasteiger partial charge on any atom is 0.315 e. The van der Waals surface area contributed by atoms with Crippen LogP contribution >= 0.6 is 11.8 Å². The van der Waals surface area contributed by atoms with Crippen molar-refractivity contribution in [2.24, 2.45) is 0 Å². The molecule has 0 aliphatic carbocycles. The van der Waals surface area contributed by atoms with Crippen molar-refractivity contribution in [3.05, 3.63) is 48.0 Å². The number of esters is 1. The smallest absolute Gasteiger partial charge is 0.315 e. The van der Waals surface area contributed by atoms with E-state index in [1.54, 1.807) is 11.8 Å². The number of nitrogens with one attached hydrogen (secondary N) is 1. The molecule has 1 unspecified atom stereocenters. The zero-order valence-corrected chi connectivity index (χ0v) is 13.3. The fraction of sp³-hybridized carbons (Fsp3) is 0.353. The Bertz CT molecular complexity index is 600. The van der Waals surface area contributed by atoms with E-state index < -0.39 is 0 Å². The van der Waals surface area contributed by atoms with Crippen LogP contribution in [0.5, 0.6) is 0 Å². The maximum absolute atomic E-state index is 11.2. The molecule has 0 radical (unpaired) electrons. The van der Waals surface area contributed by atoms with Gasteiger partial charge in [0.1, 0.15) is 0 Å². The Kier molecular flexibility index (Phi) is 6.08. The number of fused-ring (bicyclic) bond motifs is 1. The summed E-state index contributed by atoms with van der Waals surface area (Å²) in [6.07, 6.45) is 0. The number of carbonyl (C=O) groups excluding carboxylic acids is 1. The molecule has 0 heterocycles. The number of methoxy groups -OCH3 is 1. The molecular formula is C17H21NO2S. The molecule has 0 aliphatic rings. The number of benzene rings is 2. The third-order valence-corrected chi connectivity index (χ3v) is 4.37. The minimum atomic E-state index is -0.172.